The lowest BCUT2D eigenvalue weighted by Gasteiger charge is -2.24. The van der Waals surface area contributed by atoms with Crippen LogP contribution in [0.4, 0.5) is 0 Å². The Morgan fingerprint density at radius 3 is 2.65 bits per heavy atom. The zero-order chi connectivity index (χ0) is 23.7. The van der Waals surface area contributed by atoms with E-state index in [9.17, 15) is 14.7 Å². The molecule has 0 aliphatic carbocycles. The Kier molecular flexibility index (Phi) is 5.71. The number of hydrogen-bond acceptors (Lipinski definition) is 7. The molecule has 2 aliphatic rings. The number of amides is 1. The van der Waals surface area contributed by atoms with Crippen molar-refractivity contribution in [2.24, 2.45) is 0 Å². The molecule has 174 valence electrons. The van der Waals surface area contributed by atoms with Crippen molar-refractivity contribution in [3.8, 4) is 17.2 Å². The normalized spacial score (nSPS) is 18.9. The van der Waals surface area contributed by atoms with Gasteiger partial charge in [-0.2, -0.15) is 0 Å². The van der Waals surface area contributed by atoms with Crippen LogP contribution in [0.2, 0.25) is 0 Å². The Morgan fingerprint density at radius 1 is 1.06 bits per heavy atom. The summed E-state index contributed by atoms with van der Waals surface area (Å²) in [7, 11) is 0. The van der Waals surface area contributed by atoms with Crippen LogP contribution in [0, 0.1) is 0 Å². The Balaban J connectivity index is 1.56. The van der Waals surface area contributed by atoms with Crippen molar-refractivity contribution >= 4 is 17.4 Å². The van der Waals surface area contributed by atoms with Crippen molar-refractivity contribution < 1.29 is 33.3 Å². The summed E-state index contributed by atoms with van der Waals surface area (Å²) >= 11 is 0. The third kappa shape index (κ3) is 3.87. The molecule has 1 atom stereocenters. The number of rotatable bonds is 6. The number of Topliss-reactive ketones (excluding diaryl/α,β-unsaturated/α-hetero) is 1. The Bertz CT molecular complexity index is 1260. The maximum absolute atomic E-state index is 13.2. The van der Waals surface area contributed by atoms with Crippen LogP contribution in [-0.4, -0.2) is 41.5 Å². The molecule has 3 aromatic rings. The van der Waals surface area contributed by atoms with Gasteiger partial charge in [-0.1, -0.05) is 12.1 Å². The van der Waals surface area contributed by atoms with Crippen LogP contribution < -0.4 is 14.2 Å². The zero-order valence-corrected chi connectivity index (χ0v) is 18.5. The minimum absolute atomic E-state index is 0.0439. The summed E-state index contributed by atoms with van der Waals surface area (Å²) in [6, 6.07) is 14.7. The molecule has 1 amide bonds. The Hall–Kier alpha value is -4.20. The summed E-state index contributed by atoms with van der Waals surface area (Å²) in [5.41, 5.74) is 1.08. The zero-order valence-electron chi connectivity index (χ0n) is 18.5. The lowest BCUT2D eigenvalue weighted by atomic mass is 9.99. The van der Waals surface area contributed by atoms with Gasteiger partial charge in [0, 0.05) is 12.1 Å². The average Bonchev–Trinajstić information content (AvgIpc) is 3.47. The van der Waals surface area contributed by atoms with Gasteiger partial charge in [-0.25, -0.2) is 0 Å². The molecule has 0 bridgehead atoms. The molecule has 8 nitrogen and oxygen atoms in total. The standard InChI is InChI=1S/C26H23NO7/c1-2-31-18-6-3-5-16(13-18)15-27-23(20-7-4-10-32-20)22(25(29)26(27)30)24(28)17-8-9-19-21(14-17)34-12-11-33-19/h3-10,13-14,23,28H,2,11-12,15H2,1H3/b24-22-. The highest BCUT2D eigenvalue weighted by atomic mass is 16.6. The average molecular weight is 461 g/mol. The van der Waals surface area contributed by atoms with E-state index in [1.807, 2.05) is 31.2 Å². The van der Waals surface area contributed by atoms with Crippen LogP contribution in [0.15, 0.2) is 70.9 Å². The number of nitrogens with zero attached hydrogens (tertiary/aromatic N) is 1. The second-order valence-electron chi connectivity index (χ2n) is 7.88. The van der Waals surface area contributed by atoms with Gasteiger partial charge in [-0.05, 0) is 55.0 Å². The van der Waals surface area contributed by atoms with E-state index < -0.39 is 17.7 Å². The summed E-state index contributed by atoms with van der Waals surface area (Å²) < 4.78 is 22.3. The lowest BCUT2D eigenvalue weighted by Crippen LogP contribution is -2.29. The molecule has 1 fully saturated rings. The molecule has 8 heteroatoms. The van der Waals surface area contributed by atoms with Crippen molar-refractivity contribution in [2.45, 2.75) is 19.5 Å². The van der Waals surface area contributed by atoms with Crippen LogP contribution in [0.5, 0.6) is 17.2 Å². The Labute approximate surface area is 196 Å². The molecule has 1 aromatic heterocycles. The van der Waals surface area contributed by atoms with Crippen molar-refractivity contribution in [3.05, 3.63) is 83.3 Å². The topological polar surface area (TPSA) is 98.4 Å². The fraction of sp³-hybridized carbons (Fsp3) is 0.231. The second-order valence-corrected chi connectivity index (χ2v) is 7.88. The van der Waals surface area contributed by atoms with E-state index in [0.29, 0.717) is 48.4 Å². The van der Waals surface area contributed by atoms with Crippen molar-refractivity contribution in [2.75, 3.05) is 19.8 Å². The number of likely N-dealkylation sites (tertiary alicyclic amines) is 1. The number of aliphatic hydroxyl groups is 1. The fourth-order valence-electron chi connectivity index (χ4n) is 4.23. The monoisotopic (exact) mass is 461 g/mol. The van der Waals surface area contributed by atoms with E-state index in [0.717, 1.165) is 5.56 Å². The predicted octanol–water partition coefficient (Wildman–Crippen LogP) is 4.07. The smallest absolute Gasteiger partial charge is 0.296 e. The van der Waals surface area contributed by atoms with Gasteiger partial charge in [0.15, 0.2) is 11.5 Å². The third-order valence-electron chi connectivity index (χ3n) is 5.73. The van der Waals surface area contributed by atoms with Crippen LogP contribution in [-0.2, 0) is 16.1 Å². The number of ether oxygens (including phenoxy) is 3. The van der Waals surface area contributed by atoms with Gasteiger partial charge in [-0.3, -0.25) is 9.59 Å². The molecular weight excluding hydrogens is 438 g/mol. The molecule has 2 aromatic carbocycles. The van der Waals surface area contributed by atoms with E-state index in [1.165, 1.54) is 11.2 Å². The van der Waals surface area contributed by atoms with Gasteiger partial charge in [0.05, 0.1) is 18.4 Å². The van der Waals surface area contributed by atoms with Crippen LogP contribution >= 0.6 is 0 Å². The van der Waals surface area contributed by atoms with E-state index in [2.05, 4.69) is 0 Å². The first kappa shape index (κ1) is 21.6. The SMILES string of the molecule is CCOc1cccc(CN2C(=O)C(=O)/C(=C(\O)c3ccc4c(c3)OCCO4)C2c2ccco2)c1. The number of furan rings is 1. The summed E-state index contributed by atoms with van der Waals surface area (Å²) in [6.07, 6.45) is 1.47. The molecule has 0 radical (unpaired) electrons. The largest absolute Gasteiger partial charge is 0.507 e. The molecule has 34 heavy (non-hydrogen) atoms. The number of hydrogen-bond donors (Lipinski definition) is 1. The lowest BCUT2D eigenvalue weighted by molar-refractivity contribution is -0.140. The highest BCUT2D eigenvalue weighted by Crippen LogP contribution is 2.42. The summed E-state index contributed by atoms with van der Waals surface area (Å²) in [5, 5.41) is 11.2. The molecule has 3 heterocycles. The molecular formula is C26H23NO7. The second kappa shape index (κ2) is 8.97. The van der Waals surface area contributed by atoms with Gasteiger partial charge in [0.1, 0.15) is 36.5 Å². The van der Waals surface area contributed by atoms with E-state index in [1.54, 1.807) is 30.3 Å². The van der Waals surface area contributed by atoms with Gasteiger partial charge in [-0.15, -0.1) is 0 Å². The first-order chi connectivity index (χ1) is 16.6. The fourth-order valence-corrected chi connectivity index (χ4v) is 4.23. The molecule has 1 unspecified atom stereocenters. The van der Waals surface area contributed by atoms with E-state index in [4.69, 9.17) is 18.6 Å². The van der Waals surface area contributed by atoms with Crippen LogP contribution in [0.25, 0.3) is 5.76 Å². The third-order valence-corrected chi connectivity index (χ3v) is 5.73. The van der Waals surface area contributed by atoms with Crippen molar-refractivity contribution in [3.63, 3.8) is 0 Å². The highest BCUT2D eigenvalue weighted by molar-refractivity contribution is 6.46. The molecule has 2 aliphatic heterocycles. The van der Waals surface area contributed by atoms with Gasteiger partial charge >= 0.3 is 0 Å². The first-order valence-electron chi connectivity index (χ1n) is 11.0. The minimum Gasteiger partial charge on any atom is -0.507 e. The number of carbonyl (C=O) groups excluding carboxylic acids is 2. The number of ketones is 1. The Morgan fingerprint density at radius 2 is 1.88 bits per heavy atom. The van der Waals surface area contributed by atoms with E-state index >= 15 is 0 Å². The predicted molar refractivity (Wildman–Crippen MR) is 122 cm³/mol. The molecule has 1 N–H and O–H groups in total. The first-order valence-corrected chi connectivity index (χ1v) is 11.0. The van der Waals surface area contributed by atoms with E-state index in [-0.39, 0.29) is 17.9 Å². The number of benzene rings is 2. The molecule has 0 spiro atoms. The maximum atomic E-state index is 13.2. The van der Waals surface area contributed by atoms with Crippen molar-refractivity contribution in [1.29, 1.82) is 0 Å². The van der Waals surface area contributed by atoms with Crippen LogP contribution in [0.1, 0.15) is 29.9 Å². The number of fused-ring (bicyclic) bond motifs is 1. The van der Waals surface area contributed by atoms with Crippen LogP contribution in [0.3, 0.4) is 0 Å². The van der Waals surface area contributed by atoms with Crippen molar-refractivity contribution in [1.82, 2.24) is 4.90 Å². The summed E-state index contributed by atoms with van der Waals surface area (Å²) in [5.74, 6) is 0.257. The summed E-state index contributed by atoms with van der Waals surface area (Å²) in [6.45, 7) is 3.35. The highest BCUT2D eigenvalue weighted by Gasteiger charge is 2.47. The summed E-state index contributed by atoms with van der Waals surface area (Å²) in [4.78, 5) is 27.7. The minimum atomic E-state index is -0.890. The molecule has 1 saturated heterocycles. The number of aliphatic hydroxyl groups excluding tert-OH is 1. The van der Waals surface area contributed by atoms with Gasteiger partial charge in [0.25, 0.3) is 11.7 Å². The van der Waals surface area contributed by atoms with Gasteiger partial charge < -0.3 is 28.6 Å². The molecule has 0 saturated carbocycles. The quantitative estimate of drug-likeness (QED) is 0.336. The molecule has 5 rings (SSSR count). The number of carbonyl (C=O) groups is 2. The van der Waals surface area contributed by atoms with Gasteiger partial charge in [0.2, 0.25) is 0 Å². The maximum Gasteiger partial charge on any atom is 0.296 e.